The second kappa shape index (κ2) is 15.9. The van der Waals surface area contributed by atoms with Crippen LogP contribution in [0.5, 0.6) is 0 Å². The summed E-state index contributed by atoms with van der Waals surface area (Å²) in [6, 6.07) is 0. The van der Waals surface area contributed by atoms with Crippen LogP contribution in [0.1, 0.15) is 0 Å². The Bertz CT molecular complexity index is 436. The second-order valence-corrected chi connectivity index (χ2v) is 11.2. The van der Waals surface area contributed by atoms with E-state index in [1.54, 1.807) is 0 Å². The van der Waals surface area contributed by atoms with Crippen LogP contribution in [0.3, 0.4) is 0 Å². The summed E-state index contributed by atoms with van der Waals surface area (Å²) in [7, 11) is 16.2. The zero-order chi connectivity index (χ0) is 25.0. The van der Waals surface area contributed by atoms with Crippen LogP contribution >= 0.6 is 0 Å². The normalized spacial score (nSPS) is 11.2. The van der Waals surface area contributed by atoms with Crippen LogP contribution < -0.4 is 0 Å². The summed E-state index contributed by atoms with van der Waals surface area (Å²) in [5.41, 5.74) is 0. The Hall–Kier alpha value is 1.04. The minimum atomic E-state index is 0.474. The summed E-state index contributed by atoms with van der Waals surface area (Å²) >= 11 is 0. The molecule has 0 radical (unpaired) electrons. The highest BCUT2D eigenvalue weighted by Crippen LogP contribution is 2.44. The molecule has 0 unspecified atom stereocenters. The molecule has 0 saturated heterocycles. The number of hydrogen-bond acceptors (Lipinski definition) is 0. The van der Waals surface area contributed by atoms with E-state index in [1.165, 1.54) is 93.2 Å². The van der Waals surface area contributed by atoms with Crippen LogP contribution in [0.4, 0.5) is 0 Å². The summed E-state index contributed by atoms with van der Waals surface area (Å²) in [5.74, 6) is 0. The van der Waals surface area contributed by atoms with E-state index in [0.29, 0.717) is 15.0 Å². The van der Waals surface area contributed by atoms with Crippen molar-refractivity contribution in [3.8, 4) is 0 Å². The molecule has 0 bridgehead atoms. The lowest BCUT2D eigenvalue weighted by molar-refractivity contribution is 1.45. The predicted molar refractivity (Wildman–Crippen MR) is 192 cm³/mol. The fourth-order valence-corrected chi connectivity index (χ4v) is 9.11. The van der Waals surface area contributed by atoms with E-state index in [0.717, 1.165) is 26.1 Å². The molecule has 0 aromatic heterocycles. The van der Waals surface area contributed by atoms with E-state index in [2.05, 4.69) is 81.9 Å². The Morgan fingerprint density at radius 2 is 0.812 bits per heavy atom. The SMILES string of the molecule is CBCB(BC)C(BC)(BC)B(B(BC)C(BC)(BC)BC)B(BC)C(BC)(BC)BC. The lowest BCUT2D eigenvalue weighted by Gasteiger charge is -2.57. The van der Waals surface area contributed by atoms with E-state index in [9.17, 15) is 0 Å². The standard InChI is InChI=1S/C16H50B16/c1-17-13-29(26-10)16(24-8,25-9)32(30(27-11)14(18-2,19-3)20-4)31(28-12)15(21-5,22-6)23-7/h17-28H,13H2,1-12H3. The van der Waals surface area contributed by atoms with Crippen molar-refractivity contribution in [2.75, 3.05) is 0 Å². The van der Waals surface area contributed by atoms with E-state index in [-0.39, 0.29) is 0 Å². The first-order valence-corrected chi connectivity index (χ1v) is 15.3. The fourth-order valence-electron chi connectivity index (χ4n) is 9.11. The topological polar surface area (TPSA) is 0 Å². The molecule has 0 aliphatic heterocycles. The van der Waals surface area contributed by atoms with Gasteiger partial charge in [-0.15, -0.1) is 21.3 Å². The van der Waals surface area contributed by atoms with Gasteiger partial charge in [0.15, 0.2) is 0 Å². The molecule has 0 rings (SSSR count). The van der Waals surface area contributed by atoms with Gasteiger partial charge in [-0.1, -0.05) is 81.9 Å². The van der Waals surface area contributed by atoms with Crippen LogP contribution in [0, 0.1) is 0 Å². The molecule has 0 aromatic carbocycles. The van der Waals surface area contributed by atoms with Crippen LogP contribution in [0.2, 0.25) is 103 Å². The molecule has 0 aliphatic rings. The van der Waals surface area contributed by atoms with Gasteiger partial charge in [-0.3, -0.25) is 0 Å². The number of hydrogen-bond donors (Lipinski definition) is 0. The summed E-state index contributed by atoms with van der Waals surface area (Å²) in [6.07, 6.45) is 1.41. The van der Waals surface area contributed by atoms with Gasteiger partial charge in [0.2, 0.25) is 0 Å². The zero-order valence-corrected chi connectivity index (χ0v) is 25.0. The molecule has 0 heterocycles. The average Bonchev–Trinajstić information content (AvgIpc) is 2.85. The minimum absolute atomic E-state index is 0.474. The van der Waals surface area contributed by atoms with Crippen molar-refractivity contribution in [3.63, 3.8) is 0 Å². The molecule has 0 aliphatic carbocycles. The molecule has 0 saturated carbocycles. The van der Waals surface area contributed by atoms with Gasteiger partial charge in [0.25, 0.3) is 0 Å². The van der Waals surface area contributed by atoms with Gasteiger partial charge in [-0.2, -0.15) is 0 Å². The molecule has 162 valence electrons. The van der Waals surface area contributed by atoms with Crippen molar-refractivity contribution in [2.45, 2.75) is 103 Å². The predicted octanol–water partition coefficient (Wildman–Crippen LogP) is -1.19. The maximum atomic E-state index is 2.56. The summed E-state index contributed by atoms with van der Waals surface area (Å²) in [4.78, 5) is 0. The molecule has 0 atom stereocenters. The fraction of sp³-hybridized carbons (Fsp3) is 1.00. The van der Waals surface area contributed by atoms with Gasteiger partial charge >= 0.3 is 0 Å². The van der Waals surface area contributed by atoms with E-state index in [1.807, 2.05) is 0 Å². The van der Waals surface area contributed by atoms with Crippen LogP contribution in [-0.2, 0) is 0 Å². The largest absolute Gasteiger partial charge is 0.139 e. The molecule has 0 aromatic rings. The van der Waals surface area contributed by atoms with Crippen molar-refractivity contribution in [2.24, 2.45) is 0 Å². The first-order valence-electron chi connectivity index (χ1n) is 15.3. The minimum Gasteiger partial charge on any atom is -0.139 e. The highest BCUT2D eigenvalue weighted by Gasteiger charge is 2.58. The molecule has 0 spiro atoms. The van der Waals surface area contributed by atoms with Crippen molar-refractivity contribution in [3.05, 3.63) is 0 Å². The van der Waals surface area contributed by atoms with E-state index in [4.69, 9.17) is 0 Å². The second-order valence-electron chi connectivity index (χ2n) is 11.2. The first-order chi connectivity index (χ1) is 15.3. The van der Waals surface area contributed by atoms with Crippen LogP contribution in [0.15, 0.2) is 0 Å². The Morgan fingerprint density at radius 3 is 1.00 bits per heavy atom. The Kier molecular flexibility index (Phi) is 16.4. The summed E-state index contributed by atoms with van der Waals surface area (Å²) in [5, 5.41) is 1.46. The average molecular weight is 416 g/mol. The van der Waals surface area contributed by atoms with Crippen LogP contribution in [0.25, 0.3) is 0 Å². The quantitative estimate of drug-likeness (QED) is 0.233. The molecule has 16 heteroatoms. The third-order valence-corrected chi connectivity index (χ3v) is 11.5. The van der Waals surface area contributed by atoms with Gasteiger partial charge in [-0.25, -0.2) is 0 Å². The molecule has 32 heavy (non-hydrogen) atoms. The lowest BCUT2D eigenvalue weighted by atomic mass is 8.57. The highest BCUT2D eigenvalue weighted by atomic mass is 13.9. The Balaban J connectivity index is 7.33. The molecule has 0 nitrogen and oxygen atoms in total. The lowest BCUT2D eigenvalue weighted by Crippen LogP contribution is -2.76. The first kappa shape index (κ1) is 33.0. The third kappa shape index (κ3) is 6.42. The monoisotopic (exact) mass is 419 g/mol. The molecule has 0 fully saturated rings. The third-order valence-electron chi connectivity index (χ3n) is 11.5. The summed E-state index contributed by atoms with van der Waals surface area (Å²) in [6.45, 7) is 33.5. The maximum absolute atomic E-state index is 2.56. The molecule has 0 amide bonds. The van der Waals surface area contributed by atoms with Gasteiger partial charge in [0.1, 0.15) is 7.28 Å². The zero-order valence-electron chi connectivity index (χ0n) is 25.0. The van der Waals surface area contributed by atoms with Gasteiger partial charge < -0.3 is 0 Å². The van der Waals surface area contributed by atoms with Gasteiger partial charge in [0, 0.05) is 19.5 Å². The number of rotatable bonds is 19. The van der Waals surface area contributed by atoms with Crippen molar-refractivity contribution in [1.82, 2.24) is 0 Å². The van der Waals surface area contributed by atoms with Gasteiger partial charge in [0.05, 0.1) is 86.4 Å². The molecular weight excluding hydrogens is 365 g/mol. The van der Waals surface area contributed by atoms with Crippen molar-refractivity contribution < 1.29 is 0 Å². The molecule has 0 N–H and O–H groups in total. The Labute approximate surface area is 215 Å². The summed E-state index contributed by atoms with van der Waals surface area (Å²) < 4.78 is 0. The smallest absolute Gasteiger partial charge is 0.109 e. The Morgan fingerprint density at radius 1 is 0.469 bits per heavy atom. The van der Waals surface area contributed by atoms with Crippen LogP contribution in [-0.4, -0.2) is 113 Å². The van der Waals surface area contributed by atoms with Crippen molar-refractivity contribution >= 4 is 113 Å². The maximum Gasteiger partial charge on any atom is 0.109 e. The van der Waals surface area contributed by atoms with E-state index < -0.39 is 0 Å². The van der Waals surface area contributed by atoms with Gasteiger partial charge in [-0.05, 0) is 0 Å². The highest BCUT2D eigenvalue weighted by molar-refractivity contribution is 7.78. The van der Waals surface area contributed by atoms with E-state index >= 15 is 0 Å². The van der Waals surface area contributed by atoms with Crippen molar-refractivity contribution in [1.29, 1.82) is 0 Å². The molecular formula is C16H50B16.